The Morgan fingerprint density at radius 1 is 1.47 bits per heavy atom. The van der Waals surface area contributed by atoms with Crippen LogP contribution in [-0.2, 0) is 4.79 Å². The fourth-order valence-corrected chi connectivity index (χ4v) is 1.85. The van der Waals surface area contributed by atoms with Crippen molar-refractivity contribution >= 4 is 11.6 Å². The molecule has 1 fully saturated rings. The molecule has 0 radical (unpaired) electrons. The Morgan fingerprint density at radius 3 is 2.53 bits per heavy atom. The summed E-state index contributed by atoms with van der Waals surface area (Å²) in [5.74, 6) is -0.249. The van der Waals surface area contributed by atoms with E-state index in [-0.39, 0.29) is 23.4 Å². The molecule has 6 heteroatoms. The van der Waals surface area contributed by atoms with Crippen LogP contribution < -0.4 is 16.8 Å². The summed E-state index contributed by atoms with van der Waals surface area (Å²) in [6.45, 7) is 1.98. The number of rotatable bonds is 3. The number of carbonyl (C=O) groups is 1. The molecule has 1 aliphatic heterocycles. The zero-order chi connectivity index (χ0) is 12.8. The molecule has 1 saturated heterocycles. The number of piperidine rings is 1. The highest BCUT2D eigenvalue weighted by molar-refractivity contribution is 6.45. The molecule has 1 amide bonds. The predicted molar refractivity (Wildman–Crippen MR) is 68.5 cm³/mol. The van der Waals surface area contributed by atoms with Crippen LogP contribution in [0.1, 0.15) is 12.8 Å². The van der Waals surface area contributed by atoms with Gasteiger partial charge in [0.25, 0.3) is 5.91 Å². The number of hydrogen-bond donors (Lipinski definition) is 3. The average Bonchev–Trinajstić information content (AvgIpc) is 2.32. The van der Waals surface area contributed by atoms with Crippen LogP contribution in [0.2, 0.25) is 0 Å². The zero-order valence-electron chi connectivity index (χ0n) is 10.4. The Bertz CT molecular complexity index is 329. The van der Waals surface area contributed by atoms with E-state index in [1.807, 2.05) is 0 Å². The molecule has 6 nitrogen and oxygen atoms in total. The van der Waals surface area contributed by atoms with E-state index >= 15 is 0 Å². The van der Waals surface area contributed by atoms with Gasteiger partial charge in [-0.3, -0.25) is 9.79 Å². The monoisotopic (exact) mass is 239 g/mol. The van der Waals surface area contributed by atoms with Gasteiger partial charge in [-0.1, -0.05) is 0 Å². The van der Waals surface area contributed by atoms with Crippen molar-refractivity contribution in [1.29, 1.82) is 0 Å². The summed E-state index contributed by atoms with van der Waals surface area (Å²) < 4.78 is 0. The van der Waals surface area contributed by atoms with Crippen LogP contribution in [0.4, 0.5) is 0 Å². The van der Waals surface area contributed by atoms with Crippen LogP contribution in [0.5, 0.6) is 0 Å². The maximum atomic E-state index is 11.9. The lowest BCUT2D eigenvalue weighted by atomic mass is 10.1. The van der Waals surface area contributed by atoms with Gasteiger partial charge in [0.15, 0.2) is 0 Å². The lowest BCUT2D eigenvalue weighted by Gasteiger charge is -2.29. The second-order valence-corrected chi connectivity index (χ2v) is 4.25. The third-order valence-electron chi connectivity index (χ3n) is 2.95. The molecular formula is C11H21N5O. The Labute approximate surface area is 102 Å². The Kier molecular flexibility index (Phi) is 4.96. The first-order valence-electron chi connectivity index (χ1n) is 5.72. The fourth-order valence-electron chi connectivity index (χ4n) is 1.85. The van der Waals surface area contributed by atoms with Crippen LogP contribution >= 0.6 is 0 Å². The number of aliphatic imine (C=N–C) groups is 1. The molecule has 96 valence electrons. The minimum atomic E-state index is -0.249. The van der Waals surface area contributed by atoms with Crippen molar-refractivity contribution in [2.75, 3.05) is 27.2 Å². The molecule has 5 N–H and O–H groups in total. The van der Waals surface area contributed by atoms with Crippen LogP contribution in [0, 0.1) is 0 Å². The first kappa shape index (κ1) is 13.5. The highest BCUT2D eigenvalue weighted by Gasteiger charge is 2.21. The summed E-state index contributed by atoms with van der Waals surface area (Å²) in [6, 6.07) is 0.195. The molecule has 0 spiro atoms. The van der Waals surface area contributed by atoms with Gasteiger partial charge < -0.3 is 21.7 Å². The van der Waals surface area contributed by atoms with E-state index in [0.29, 0.717) is 0 Å². The SMILES string of the molecule is CN=C(C(=O)NC1CCN(C)CC1)/C(N)=C\N. The number of amides is 1. The van der Waals surface area contributed by atoms with Crippen LogP contribution in [0.15, 0.2) is 16.9 Å². The largest absolute Gasteiger partial charge is 0.403 e. The molecule has 0 aromatic carbocycles. The molecular weight excluding hydrogens is 218 g/mol. The van der Waals surface area contributed by atoms with Gasteiger partial charge in [-0.2, -0.15) is 0 Å². The van der Waals surface area contributed by atoms with Gasteiger partial charge in [-0.05, 0) is 33.0 Å². The van der Waals surface area contributed by atoms with Crippen molar-refractivity contribution in [2.45, 2.75) is 18.9 Å². The number of likely N-dealkylation sites (tertiary alicyclic amines) is 1. The van der Waals surface area contributed by atoms with E-state index in [2.05, 4.69) is 22.3 Å². The quantitative estimate of drug-likeness (QED) is 0.552. The van der Waals surface area contributed by atoms with Crippen molar-refractivity contribution in [1.82, 2.24) is 10.2 Å². The second-order valence-electron chi connectivity index (χ2n) is 4.25. The highest BCUT2D eigenvalue weighted by Crippen LogP contribution is 2.08. The maximum absolute atomic E-state index is 11.9. The Balaban J connectivity index is 2.54. The average molecular weight is 239 g/mol. The topological polar surface area (TPSA) is 96.7 Å². The van der Waals surface area contributed by atoms with E-state index in [9.17, 15) is 4.79 Å². The van der Waals surface area contributed by atoms with Gasteiger partial charge in [0, 0.05) is 19.3 Å². The summed E-state index contributed by atoms with van der Waals surface area (Å²) >= 11 is 0. The number of nitrogens with two attached hydrogens (primary N) is 2. The normalized spacial score (nSPS) is 20.4. The third-order valence-corrected chi connectivity index (χ3v) is 2.95. The number of nitrogens with zero attached hydrogens (tertiary/aromatic N) is 2. The standard InChI is InChI=1S/C11H21N5O/c1-14-10(9(13)7-12)11(17)15-8-3-5-16(2)6-4-8/h7-8H,3-6,12-13H2,1-2H3,(H,15,17)/b9-7+,14-10?. The molecule has 1 rings (SSSR count). The molecule has 1 heterocycles. The number of carbonyl (C=O) groups excluding carboxylic acids is 1. The highest BCUT2D eigenvalue weighted by atomic mass is 16.2. The Morgan fingerprint density at radius 2 is 2.06 bits per heavy atom. The van der Waals surface area contributed by atoms with E-state index < -0.39 is 0 Å². The van der Waals surface area contributed by atoms with Gasteiger partial charge in [0.2, 0.25) is 0 Å². The second kappa shape index (κ2) is 6.24. The van der Waals surface area contributed by atoms with Gasteiger partial charge in [0.05, 0.1) is 5.70 Å². The Hall–Kier alpha value is -1.56. The number of hydrogen-bond acceptors (Lipinski definition) is 5. The summed E-state index contributed by atoms with van der Waals surface area (Å²) in [6.07, 6.45) is 3.09. The molecule has 0 unspecified atom stereocenters. The van der Waals surface area contributed by atoms with E-state index in [1.165, 1.54) is 13.2 Å². The lowest BCUT2D eigenvalue weighted by molar-refractivity contribution is -0.115. The van der Waals surface area contributed by atoms with Crippen LogP contribution in [0.25, 0.3) is 0 Å². The third kappa shape index (κ3) is 3.74. The van der Waals surface area contributed by atoms with E-state index in [0.717, 1.165) is 25.9 Å². The van der Waals surface area contributed by atoms with Crippen molar-refractivity contribution in [3.8, 4) is 0 Å². The maximum Gasteiger partial charge on any atom is 0.271 e. The van der Waals surface area contributed by atoms with Crippen molar-refractivity contribution in [3.05, 3.63) is 11.9 Å². The molecule has 0 bridgehead atoms. The minimum Gasteiger partial charge on any atom is -0.403 e. The summed E-state index contributed by atoms with van der Waals surface area (Å²) in [5.41, 5.74) is 11.3. The van der Waals surface area contributed by atoms with E-state index in [1.54, 1.807) is 0 Å². The van der Waals surface area contributed by atoms with Gasteiger partial charge >= 0.3 is 0 Å². The van der Waals surface area contributed by atoms with Gasteiger partial charge in [-0.15, -0.1) is 0 Å². The lowest BCUT2D eigenvalue weighted by Crippen LogP contribution is -2.46. The van der Waals surface area contributed by atoms with Crippen molar-refractivity contribution in [2.24, 2.45) is 16.5 Å². The molecule has 1 aliphatic rings. The van der Waals surface area contributed by atoms with Gasteiger partial charge in [0.1, 0.15) is 5.71 Å². The fraction of sp³-hybridized carbons (Fsp3) is 0.636. The molecule has 0 atom stereocenters. The molecule has 0 aromatic heterocycles. The molecule has 17 heavy (non-hydrogen) atoms. The molecule has 0 saturated carbocycles. The first-order chi connectivity index (χ1) is 8.08. The van der Waals surface area contributed by atoms with Crippen molar-refractivity contribution in [3.63, 3.8) is 0 Å². The summed E-state index contributed by atoms with van der Waals surface area (Å²) in [4.78, 5) is 18.0. The van der Waals surface area contributed by atoms with Crippen LogP contribution in [0.3, 0.4) is 0 Å². The smallest absolute Gasteiger partial charge is 0.271 e. The van der Waals surface area contributed by atoms with Crippen LogP contribution in [-0.4, -0.2) is 49.7 Å². The molecule has 0 aliphatic carbocycles. The first-order valence-corrected chi connectivity index (χ1v) is 5.72. The molecule has 0 aromatic rings. The zero-order valence-corrected chi connectivity index (χ0v) is 10.4. The van der Waals surface area contributed by atoms with Gasteiger partial charge in [-0.25, -0.2) is 0 Å². The predicted octanol–water partition coefficient (Wildman–Crippen LogP) is -0.974. The van der Waals surface area contributed by atoms with Crippen molar-refractivity contribution < 1.29 is 4.79 Å². The van der Waals surface area contributed by atoms with E-state index in [4.69, 9.17) is 11.5 Å². The summed E-state index contributed by atoms with van der Waals surface area (Å²) in [5, 5.41) is 2.93. The number of nitrogens with one attached hydrogen (secondary N) is 1. The summed E-state index contributed by atoms with van der Waals surface area (Å²) in [7, 11) is 3.60. The minimum absolute atomic E-state index is 0.195.